The molecule has 0 aromatic heterocycles. The van der Waals surface area contributed by atoms with Crippen LogP contribution >= 0.6 is 23.4 Å². The molecule has 1 heterocycles. The Morgan fingerprint density at radius 1 is 1.24 bits per heavy atom. The standard InChI is InChI=1S/C17H21ClN2O4S/c1-4-13-16(22)20(17(23)14(5-2)25-13)9-15(21)19-11-8-10(18)6-7-12(11)24-3/h6-8,13-14H,4-5,9H2,1-3H3,(H,19,21)/t13-,14-/m0/s1. The molecule has 1 aromatic rings. The summed E-state index contributed by atoms with van der Waals surface area (Å²) in [5, 5.41) is 2.50. The molecular formula is C17H21ClN2O4S. The van der Waals surface area contributed by atoms with E-state index in [2.05, 4.69) is 5.32 Å². The third-order valence-electron chi connectivity index (χ3n) is 3.89. The number of nitrogens with one attached hydrogen (secondary N) is 1. The number of benzene rings is 1. The van der Waals surface area contributed by atoms with Gasteiger partial charge in [-0.15, -0.1) is 11.8 Å². The zero-order valence-electron chi connectivity index (χ0n) is 14.4. The molecule has 1 fully saturated rings. The molecule has 1 aliphatic heterocycles. The zero-order chi connectivity index (χ0) is 18.6. The minimum Gasteiger partial charge on any atom is -0.495 e. The van der Waals surface area contributed by atoms with Crippen molar-refractivity contribution in [1.82, 2.24) is 4.90 Å². The van der Waals surface area contributed by atoms with Crippen LogP contribution in [0.1, 0.15) is 26.7 Å². The highest BCUT2D eigenvalue weighted by atomic mass is 35.5. The van der Waals surface area contributed by atoms with Crippen molar-refractivity contribution in [2.75, 3.05) is 19.0 Å². The second kappa shape index (κ2) is 8.58. The van der Waals surface area contributed by atoms with E-state index in [4.69, 9.17) is 16.3 Å². The van der Waals surface area contributed by atoms with Gasteiger partial charge in [-0.3, -0.25) is 19.3 Å². The Bertz CT molecular complexity index is 661. The van der Waals surface area contributed by atoms with E-state index < -0.39 is 5.91 Å². The lowest BCUT2D eigenvalue weighted by atomic mass is 10.2. The summed E-state index contributed by atoms with van der Waals surface area (Å²) < 4.78 is 5.18. The van der Waals surface area contributed by atoms with Crippen LogP contribution in [0.2, 0.25) is 5.02 Å². The first-order chi connectivity index (χ1) is 11.9. The van der Waals surface area contributed by atoms with Crippen molar-refractivity contribution in [1.29, 1.82) is 0 Å². The van der Waals surface area contributed by atoms with E-state index >= 15 is 0 Å². The Balaban J connectivity index is 2.14. The van der Waals surface area contributed by atoms with Gasteiger partial charge in [0, 0.05) is 5.02 Å². The van der Waals surface area contributed by atoms with Crippen molar-refractivity contribution in [2.24, 2.45) is 0 Å². The Labute approximate surface area is 156 Å². The van der Waals surface area contributed by atoms with E-state index in [1.807, 2.05) is 13.8 Å². The first kappa shape index (κ1) is 19.6. The number of amides is 3. The number of hydrogen-bond donors (Lipinski definition) is 1. The molecule has 1 saturated heterocycles. The highest BCUT2D eigenvalue weighted by molar-refractivity contribution is 8.02. The van der Waals surface area contributed by atoms with E-state index in [1.165, 1.54) is 18.9 Å². The highest BCUT2D eigenvalue weighted by Crippen LogP contribution is 2.32. The summed E-state index contributed by atoms with van der Waals surface area (Å²) in [5.41, 5.74) is 0.394. The number of methoxy groups -OCH3 is 1. The lowest BCUT2D eigenvalue weighted by molar-refractivity contribution is -0.147. The molecule has 0 unspecified atom stereocenters. The van der Waals surface area contributed by atoms with Gasteiger partial charge in [0.05, 0.1) is 23.3 Å². The first-order valence-corrected chi connectivity index (χ1v) is 9.37. The van der Waals surface area contributed by atoms with Gasteiger partial charge in [-0.05, 0) is 31.0 Å². The minimum absolute atomic E-state index is 0.295. The van der Waals surface area contributed by atoms with Gasteiger partial charge in [0.1, 0.15) is 12.3 Å². The maximum Gasteiger partial charge on any atom is 0.244 e. The number of carbonyl (C=O) groups is 3. The van der Waals surface area contributed by atoms with Gasteiger partial charge in [-0.2, -0.15) is 0 Å². The molecule has 8 heteroatoms. The number of hydrogen-bond acceptors (Lipinski definition) is 5. The fraction of sp³-hybridized carbons (Fsp3) is 0.471. The number of ether oxygens (including phenoxy) is 1. The average molecular weight is 385 g/mol. The minimum atomic E-state index is -0.473. The quantitative estimate of drug-likeness (QED) is 0.763. The zero-order valence-corrected chi connectivity index (χ0v) is 15.9. The lowest BCUT2D eigenvalue weighted by Gasteiger charge is -2.34. The molecule has 1 aliphatic rings. The van der Waals surface area contributed by atoms with Crippen LogP contribution in [0, 0.1) is 0 Å². The lowest BCUT2D eigenvalue weighted by Crippen LogP contribution is -2.53. The Morgan fingerprint density at radius 2 is 1.84 bits per heavy atom. The van der Waals surface area contributed by atoms with Gasteiger partial charge in [0.2, 0.25) is 17.7 Å². The topological polar surface area (TPSA) is 75.7 Å². The third-order valence-corrected chi connectivity index (χ3v) is 5.85. The first-order valence-electron chi connectivity index (χ1n) is 8.05. The molecule has 25 heavy (non-hydrogen) atoms. The van der Waals surface area contributed by atoms with Crippen LogP contribution in [0.4, 0.5) is 5.69 Å². The van der Waals surface area contributed by atoms with Crippen molar-refractivity contribution in [3.8, 4) is 5.75 Å². The van der Waals surface area contributed by atoms with Crippen LogP contribution in [0.15, 0.2) is 18.2 Å². The summed E-state index contributed by atoms with van der Waals surface area (Å²) >= 11 is 7.32. The number of halogens is 1. The molecule has 0 radical (unpaired) electrons. The monoisotopic (exact) mass is 384 g/mol. The maximum absolute atomic E-state index is 12.5. The number of nitrogens with zero attached hydrogens (tertiary/aromatic N) is 1. The second-order valence-corrected chi connectivity index (χ2v) is 7.43. The Kier molecular flexibility index (Phi) is 6.72. The van der Waals surface area contributed by atoms with Crippen LogP contribution in [-0.2, 0) is 14.4 Å². The van der Waals surface area contributed by atoms with Crippen LogP contribution in [0.3, 0.4) is 0 Å². The molecule has 1 aromatic carbocycles. The van der Waals surface area contributed by atoms with Crippen LogP contribution in [-0.4, -0.2) is 46.8 Å². The van der Waals surface area contributed by atoms with Gasteiger partial charge in [-0.1, -0.05) is 25.4 Å². The largest absolute Gasteiger partial charge is 0.495 e. The number of rotatable bonds is 6. The number of imide groups is 1. The fourth-order valence-corrected chi connectivity index (χ4v) is 4.02. The molecule has 0 bridgehead atoms. The molecule has 2 rings (SSSR count). The van der Waals surface area contributed by atoms with E-state index in [0.717, 1.165) is 4.90 Å². The van der Waals surface area contributed by atoms with Crippen LogP contribution in [0.25, 0.3) is 0 Å². The molecule has 6 nitrogen and oxygen atoms in total. The van der Waals surface area contributed by atoms with Gasteiger partial charge >= 0.3 is 0 Å². The SMILES string of the molecule is CC[C@@H]1S[C@@H](CC)C(=O)N(CC(=O)Nc2cc(Cl)ccc2OC)C1=O. The molecule has 1 N–H and O–H groups in total. The van der Waals surface area contributed by atoms with Gasteiger partial charge in [0.15, 0.2) is 0 Å². The summed E-state index contributed by atoms with van der Waals surface area (Å²) in [6.07, 6.45) is 1.24. The molecular weight excluding hydrogens is 364 g/mol. The smallest absolute Gasteiger partial charge is 0.244 e. The van der Waals surface area contributed by atoms with Gasteiger partial charge in [0.25, 0.3) is 0 Å². The number of carbonyl (C=O) groups excluding carboxylic acids is 3. The Morgan fingerprint density at radius 3 is 2.36 bits per heavy atom. The van der Waals surface area contributed by atoms with Crippen molar-refractivity contribution in [3.05, 3.63) is 23.2 Å². The second-order valence-electron chi connectivity index (χ2n) is 5.59. The normalized spacial score (nSPS) is 20.6. The van der Waals surface area contributed by atoms with Crippen molar-refractivity contribution in [3.63, 3.8) is 0 Å². The Hall–Kier alpha value is -1.73. The van der Waals surface area contributed by atoms with Gasteiger partial charge < -0.3 is 10.1 Å². The summed E-state index contributed by atoms with van der Waals surface area (Å²) in [6, 6.07) is 4.83. The average Bonchev–Trinajstić information content (AvgIpc) is 2.59. The third kappa shape index (κ3) is 4.46. The van der Waals surface area contributed by atoms with Crippen LogP contribution in [0.5, 0.6) is 5.75 Å². The predicted octanol–water partition coefficient (Wildman–Crippen LogP) is 2.95. The molecule has 0 aliphatic carbocycles. The van der Waals surface area contributed by atoms with Gasteiger partial charge in [-0.25, -0.2) is 0 Å². The van der Waals surface area contributed by atoms with E-state index in [-0.39, 0.29) is 28.9 Å². The van der Waals surface area contributed by atoms with Crippen molar-refractivity contribution < 1.29 is 19.1 Å². The van der Waals surface area contributed by atoms with E-state index in [1.54, 1.807) is 18.2 Å². The molecule has 136 valence electrons. The predicted molar refractivity (Wildman–Crippen MR) is 99.1 cm³/mol. The van der Waals surface area contributed by atoms with Crippen LogP contribution < -0.4 is 10.1 Å². The number of anilines is 1. The van der Waals surface area contributed by atoms with E-state index in [9.17, 15) is 14.4 Å². The summed E-state index contributed by atoms with van der Waals surface area (Å²) in [7, 11) is 1.48. The maximum atomic E-state index is 12.5. The highest BCUT2D eigenvalue weighted by Gasteiger charge is 2.40. The summed E-state index contributed by atoms with van der Waals surface area (Å²) in [6.45, 7) is 3.47. The van der Waals surface area contributed by atoms with Crippen molar-refractivity contribution in [2.45, 2.75) is 37.2 Å². The molecule has 0 spiro atoms. The summed E-state index contributed by atoms with van der Waals surface area (Å²) in [4.78, 5) is 38.3. The van der Waals surface area contributed by atoms with E-state index in [0.29, 0.717) is 29.3 Å². The van der Waals surface area contributed by atoms with Crippen molar-refractivity contribution >= 4 is 46.8 Å². The summed E-state index contributed by atoms with van der Waals surface area (Å²) in [5.74, 6) is -0.646. The fourth-order valence-electron chi connectivity index (χ4n) is 2.58. The molecule has 2 atom stereocenters. The molecule has 0 saturated carbocycles. The molecule has 3 amide bonds. The number of thioether (sulfide) groups is 1.